The van der Waals surface area contributed by atoms with Gasteiger partial charge >= 0.3 is 0 Å². The van der Waals surface area contributed by atoms with Crippen molar-refractivity contribution in [3.63, 3.8) is 0 Å². The molecule has 0 bridgehead atoms. The predicted molar refractivity (Wildman–Crippen MR) is 125 cm³/mol. The van der Waals surface area contributed by atoms with E-state index in [2.05, 4.69) is 40.7 Å². The number of aliphatic hydroxyl groups is 2. The first-order valence-corrected chi connectivity index (χ1v) is 13.2. The molecule has 0 aromatic heterocycles. The van der Waals surface area contributed by atoms with E-state index < -0.39 is 5.60 Å². The van der Waals surface area contributed by atoms with Crippen LogP contribution in [-0.4, -0.2) is 21.9 Å². The van der Waals surface area contributed by atoms with Crippen LogP contribution >= 0.6 is 0 Å². The Morgan fingerprint density at radius 2 is 1.87 bits per heavy atom. The highest BCUT2D eigenvalue weighted by atomic mass is 16.3. The standard InChI is InChI=1S/C28H48O2/c1-6-28(30)17-15-21-19(18-28)10-12-23-22(21)14-16-27(5)20(11-13-24(23)27)8-7-9-25(29)26(2,3)4/h10,20-25,29-30H,6-9,11-18H2,1-5H3/t20-,21-,22+,23+,24-,25-,27+,28-/m0/s1. The fourth-order valence-electron chi connectivity index (χ4n) is 8.24. The first-order chi connectivity index (χ1) is 14.1. The summed E-state index contributed by atoms with van der Waals surface area (Å²) in [7, 11) is 0. The lowest BCUT2D eigenvalue weighted by Gasteiger charge is -2.54. The summed E-state index contributed by atoms with van der Waals surface area (Å²) >= 11 is 0. The van der Waals surface area contributed by atoms with E-state index in [9.17, 15) is 10.2 Å². The Morgan fingerprint density at radius 3 is 2.57 bits per heavy atom. The molecule has 0 aromatic rings. The van der Waals surface area contributed by atoms with E-state index >= 15 is 0 Å². The normalized spacial score (nSPS) is 44.6. The molecular formula is C28H48O2. The molecule has 0 aliphatic heterocycles. The second-order valence-electron chi connectivity index (χ2n) is 13.0. The smallest absolute Gasteiger partial charge is 0.0682 e. The van der Waals surface area contributed by atoms with Crippen LogP contribution in [0.2, 0.25) is 0 Å². The number of aliphatic hydroxyl groups excluding tert-OH is 1. The molecule has 0 aromatic carbocycles. The highest BCUT2D eigenvalue weighted by Gasteiger charge is 2.56. The molecule has 4 aliphatic carbocycles. The molecule has 3 fully saturated rings. The molecule has 4 aliphatic rings. The van der Waals surface area contributed by atoms with Gasteiger partial charge in [-0.15, -0.1) is 0 Å². The molecule has 0 radical (unpaired) electrons. The molecule has 2 nitrogen and oxygen atoms in total. The van der Waals surface area contributed by atoms with Gasteiger partial charge in [-0.1, -0.05) is 52.7 Å². The van der Waals surface area contributed by atoms with Crippen molar-refractivity contribution < 1.29 is 10.2 Å². The lowest BCUT2D eigenvalue weighted by Crippen LogP contribution is -2.47. The maximum absolute atomic E-state index is 10.9. The summed E-state index contributed by atoms with van der Waals surface area (Å²) in [6.07, 6.45) is 16.8. The topological polar surface area (TPSA) is 40.5 Å². The van der Waals surface area contributed by atoms with E-state index in [1.807, 2.05) is 0 Å². The van der Waals surface area contributed by atoms with E-state index in [4.69, 9.17) is 0 Å². The molecule has 0 heterocycles. The molecule has 2 N–H and O–H groups in total. The predicted octanol–water partition coefficient (Wildman–Crippen LogP) is 6.89. The van der Waals surface area contributed by atoms with Gasteiger partial charge in [0, 0.05) is 0 Å². The fraction of sp³-hybridized carbons (Fsp3) is 0.929. The number of hydrogen-bond acceptors (Lipinski definition) is 2. The molecule has 0 amide bonds. The van der Waals surface area contributed by atoms with Gasteiger partial charge in [0.25, 0.3) is 0 Å². The van der Waals surface area contributed by atoms with Crippen LogP contribution in [0.4, 0.5) is 0 Å². The van der Waals surface area contributed by atoms with Crippen molar-refractivity contribution in [3.05, 3.63) is 11.6 Å². The summed E-state index contributed by atoms with van der Waals surface area (Å²) in [5.41, 5.74) is 1.73. The summed E-state index contributed by atoms with van der Waals surface area (Å²) < 4.78 is 0. The van der Waals surface area contributed by atoms with Crippen LogP contribution in [0.1, 0.15) is 112 Å². The minimum absolute atomic E-state index is 0.0102. The highest BCUT2D eigenvalue weighted by Crippen LogP contribution is 2.64. The molecule has 3 saturated carbocycles. The second-order valence-corrected chi connectivity index (χ2v) is 13.0. The van der Waals surface area contributed by atoms with Gasteiger partial charge in [-0.05, 0) is 111 Å². The van der Waals surface area contributed by atoms with Gasteiger partial charge in [-0.3, -0.25) is 0 Å². The Morgan fingerprint density at radius 1 is 1.10 bits per heavy atom. The zero-order valence-electron chi connectivity index (χ0n) is 20.4. The Labute approximate surface area is 185 Å². The molecule has 2 heteroatoms. The minimum atomic E-state index is -0.422. The molecule has 172 valence electrons. The summed E-state index contributed by atoms with van der Waals surface area (Å²) in [4.78, 5) is 0. The van der Waals surface area contributed by atoms with Gasteiger partial charge in [0.15, 0.2) is 0 Å². The van der Waals surface area contributed by atoms with Crippen LogP contribution in [0.3, 0.4) is 0 Å². The summed E-state index contributed by atoms with van der Waals surface area (Å²) in [5, 5.41) is 21.3. The van der Waals surface area contributed by atoms with Crippen molar-refractivity contribution in [3.8, 4) is 0 Å². The Balaban J connectivity index is 1.40. The largest absolute Gasteiger partial charge is 0.393 e. The molecular weight excluding hydrogens is 368 g/mol. The highest BCUT2D eigenvalue weighted by molar-refractivity contribution is 5.22. The Hall–Kier alpha value is -0.340. The average Bonchev–Trinajstić information content (AvgIpc) is 3.03. The van der Waals surface area contributed by atoms with Crippen LogP contribution in [-0.2, 0) is 0 Å². The van der Waals surface area contributed by atoms with Crippen molar-refractivity contribution in [1.82, 2.24) is 0 Å². The van der Waals surface area contributed by atoms with Crippen LogP contribution < -0.4 is 0 Å². The van der Waals surface area contributed by atoms with Crippen molar-refractivity contribution in [2.45, 2.75) is 123 Å². The molecule has 4 rings (SSSR count). The summed E-state index contributed by atoms with van der Waals surface area (Å²) in [6.45, 7) is 11.2. The van der Waals surface area contributed by atoms with Gasteiger partial charge < -0.3 is 10.2 Å². The van der Waals surface area contributed by atoms with Gasteiger partial charge in [0.05, 0.1) is 11.7 Å². The third kappa shape index (κ3) is 4.05. The zero-order chi connectivity index (χ0) is 21.7. The maximum Gasteiger partial charge on any atom is 0.0682 e. The van der Waals surface area contributed by atoms with Crippen molar-refractivity contribution in [2.24, 2.45) is 40.4 Å². The third-order valence-electron chi connectivity index (χ3n) is 10.5. The molecule has 0 saturated heterocycles. The number of hydrogen-bond donors (Lipinski definition) is 2. The monoisotopic (exact) mass is 416 g/mol. The van der Waals surface area contributed by atoms with E-state index in [-0.39, 0.29) is 11.5 Å². The van der Waals surface area contributed by atoms with Crippen molar-refractivity contribution >= 4 is 0 Å². The summed E-state index contributed by atoms with van der Waals surface area (Å²) in [6, 6.07) is 0. The Bertz CT molecular complexity index is 646. The molecule has 0 spiro atoms. The van der Waals surface area contributed by atoms with Gasteiger partial charge in [-0.2, -0.15) is 0 Å². The maximum atomic E-state index is 10.9. The van der Waals surface area contributed by atoms with Crippen LogP contribution in [0, 0.1) is 40.4 Å². The van der Waals surface area contributed by atoms with Crippen LogP contribution in [0.15, 0.2) is 11.6 Å². The van der Waals surface area contributed by atoms with E-state index in [0.717, 1.165) is 55.3 Å². The molecule has 0 unspecified atom stereocenters. The molecule has 8 atom stereocenters. The SMILES string of the molecule is CC[C@]1(O)CC[C@H]2C(=CC[C@@H]3[C@@H]2CC[C@]2(C)[C@@H](CCC[C@H](O)C(C)(C)C)CC[C@@H]32)C1. The quantitative estimate of drug-likeness (QED) is 0.479. The lowest BCUT2D eigenvalue weighted by atomic mass is 9.51. The van der Waals surface area contributed by atoms with Crippen molar-refractivity contribution in [2.75, 3.05) is 0 Å². The Kier molecular flexibility index (Phi) is 6.26. The average molecular weight is 417 g/mol. The number of fused-ring (bicyclic) bond motifs is 5. The zero-order valence-corrected chi connectivity index (χ0v) is 20.4. The number of allylic oxidation sites excluding steroid dienone is 1. The third-order valence-corrected chi connectivity index (χ3v) is 10.5. The van der Waals surface area contributed by atoms with Crippen LogP contribution in [0.5, 0.6) is 0 Å². The van der Waals surface area contributed by atoms with Crippen molar-refractivity contribution in [1.29, 1.82) is 0 Å². The first-order valence-electron chi connectivity index (χ1n) is 13.2. The van der Waals surface area contributed by atoms with E-state index in [0.29, 0.717) is 5.41 Å². The minimum Gasteiger partial charge on any atom is -0.393 e. The number of rotatable bonds is 5. The molecule has 30 heavy (non-hydrogen) atoms. The van der Waals surface area contributed by atoms with E-state index in [1.54, 1.807) is 5.57 Å². The van der Waals surface area contributed by atoms with Gasteiger partial charge in [0.2, 0.25) is 0 Å². The van der Waals surface area contributed by atoms with Crippen LogP contribution in [0.25, 0.3) is 0 Å². The van der Waals surface area contributed by atoms with E-state index in [1.165, 1.54) is 51.4 Å². The van der Waals surface area contributed by atoms with Gasteiger partial charge in [-0.25, -0.2) is 0 Å². The lowest BCUT2D eigenvalue weighted by molar-refractivity contribution is -0.0412. The summed E-state index contributed by atoms with van der Waals surface area (Å²) in [5.74, 6) is 4.29. The first kappa shape index (κ1) is 22.8. The fourth-order valence-corrected chi connectivity index (χ4v) is 8.24. The second kappa shape index (κ2) is 8.22. The van der Waals surface area contributed by atoms with Gasteiger partial charge in [0.1, 0.15) is 0 Å².